The van der Waals surface area contributed by atoms with Crippen LogP contribution in [0, 0.1) is 0 Å². The van der Waals surface area contributed by atoms with Crippen molar-refractivity contribution >= 4 is 45.9 Å². The number of hydrogen-bond donors (Lipinski definition) is 1. The van der Waals surface area contributed by atoms with Crippen LogP contribution < -0.4 is 5.73 Å². The minimum atomic E-state index is -0.715. The van der Waals surface area contributed by atoms with Crippen molar-refractivity contribution in [1.82, 2.24) is 4.98 Å². The quantitative estimate of drug-likeness (QED) is 0.209. The van der Waals surface area contributed by atoms with Crippen LogP contribution >= 0.6 is 23.1 Å². The summed E-state index contributed by atoms with van der Waals surface area (Å²) < 4.78 is 10.4. The molecule has 0 aliphatic heterocycles. The standard InChI is InChI=1S/C19H23N3O5S2/c1-19(2,3)27-15(23)11-26-22-16(14-12-29-18(20)21-14)17(24)25-9-10-28-13-7-5-4-6-8-13/h4-8,12H,9-11H2,1-3H3,(H2,20,21)/b22-16-. The van der Waals surface area contributed by atoms with Crippen molar-refractivity contribution in [1.29, 1.82) is 0 Å². The number of esters is 2. The van der Waals surface area contributed by atoms with Crippen LogP contribution in [0.1, 0.15) is 26.5 Å². The van der Waals surface area contributed by atoms with Crippen molar-refractivity contribution in [3.63, 3.8) is 0 Å². The largest absolute Gasteiger partial charge is 0.460 e. The molecule has 0 amide bonds. The van der Waals surface area contributed by atoms with Gasteiger partial charge in [-0.3, -0.25) is 0 Å². The molecule has 8 nitrogen and oxygen atoms in total. The van der Waals surface area contributed by atoms with Crippen LogP contribution in [0.2, 0.25) is 0 Å². The second-order valence-electron chi connectivity index (χ2n) is 6.67. The average Bonchev–Trinajstić information content (AvgIpc) is 3.07. The summed E-state index contributed by atoms with van der Waals surface area (Å²) in [4.78, 5) is 34.3. The second-order valence-corrected chi connectivity index (χ2v) is 8.73. The molecule has 1 aromatic heterocycles. The Morgan fingerprint density at radius 3 is 2.59 bits per heavy atom. The number of rotatable bonds is 9. The molecule has 0 atom stereocenters. The number of nitrogens with zero attached hydrogens (tertiary/aromatic N) is 2. The van der Waals surface area contributed by atoms with Crippen molar-refractivity contribution in [2.24, 2.45) is 5.16 Å². The number of thiazole rings is 1. The van der Waals surface area contributed by atoms with Crippen LogP contribution in [0.4, 0.5) is 5.13 Å². The first-order valence-electron chi connectivity index (χ1n) is 8.73. The van der Waals surface area contributed by atoms with Gasteiger partial charge in [-0.1, -0.05) is 23.4 Å². The fourth-order valence-corrected chi connectivity index (χ4v) is 3.28. The SMILES string of the molecule is CC(C)(C)OC(=O)CO/N=C(\C(=O)OCCSc1ccccc1)c1csc(N)n1. The molecule has 2 N–H and O–H groups in total. The predicted octanol–water partition coefficient (Wildman–Crippen LogP) is 3.12. The van der Waals surface area contributed by atoms with Gasteiger partial charge in [-0.15, -0.1) is 23.1 Å². The molecule has 0 unspecified atom stereocenters. The van der Waals surface area contributed by atoms with Gasteiger partial charge in [0, 0.05) is 16.0 Å². The Morgan fingerprint density at radius 1 is 1.24 bits per heavy atom. The molecule has 156 valence electrons. The molecule has 0 fully saturated rings. The average molecular weight is 438 g/mol. The molecule has 2 rings (SSSR count). The molecular weight excluding hydrogens is 414 g/mol. The molecule has 29 heavy (non-hydrogen) atoms. The van der Waals surface area contributed by atoms with E-state index in [0.29, 0.717) is 5.75 Å². The Kier molecular flexibility index (Phi) is 8.47. The van der Waals surface area contributed by atoms with E-state index >= 15 is 0 Å². The minimum absolute atomic E-state index is 0.161. The van der Waals surface area contributed by atoms with Gasteiger partial charge in [-0.05, 0) is 32.9 Å². The molecule has 1 aromatic carbocycles. The van der Waals surface area contributed by atoms with Crippen LogP contribution in [0.5, 0.6) is 0 Å². The van der Waals surface area contributed by atoms with Crippen molar-refractivity contribution < 1.29 is 23.9 Å². The molecule has 2 aromatic rings. The smallest absolute Gasteiger partial charge is 0.362 e. The van der Waals surface area contributed by atoms with Gasteiger partial charge in [0.25, 0.3) is 0 Å². The van der Waals surface area contributed by atoms with Crippen LogP contribution in [-0.2, 0) is 23.9 Å². The van der Waals surface area contributed by atoms with Gasteiger partial charge < -0.3 is 20.0 Å². The van der Waals surface area contributed by atoms with E-state index in [2.05, 4.69) is 10.1 Å². The first-order chi connectivity index (χ1) is 13.7. The summed E-state index contributed by atoms with van der Waals surface area (Å²) in [5.74, 6) is -0.750. The van der Waals surface area contributed by atoms with E-state index in [1.54, 1.807) is 37.9 Å². The lowest BCUT2D eigenvalue weighted by molar-refractivity contribution is -0.160. The Balaban J connectivity index is 1.92. The summed E-state index contributed by atoms with van der Waals surface area (Å²) in [6.07, 6.45) is 0. The molecule has 0 saturated heterocycles. The normalized spacial score (nSPS) is 11.8. The number of carbonyl (C=O) groups is 2. The molecule has 0 bridgehead atoms. The van der Waals surface area contributed by atoms with E-state index in [9.17, 15) is 9.59 Å². The van der Waals surface area contributed by atoms with Gasteiger partial charge in [0.1, 0.15) is 17.9 Å². The van der Waals surface area contributed by atoms with Crippen molar-refractivity contribution in [2.45, 2.75) is 31.3 Å². The summed E-state index contributed by atoms with van der Waals surface area (Å²) in [5, 5.41) is 5.57. The lowest BCUT2D eigenvalue weighted by atomic mass is 10.2. The first kappa shape index (κ1) is 22.7. The highest BCUT2D eigenvalue weighted by Crippen LogP contribution is 2.17. The third-order valence-corrected chi connectivity index (χ3v) is 4.69. The summed E-state index contributed by atoms with van der Waals surface area (Å²) >= 11 is 2.71. The summed E-state index contributed by atoms with van der Waals surface area (Å²) in [6, 6.07) is 9.76. The molecule has 0 radical (unpaired) electrons. The Morgan fingerprint density at radius 2 is 1.97 bits per heavy atom. The molecule has 0 aliphatic carbocycles. The fraction of sp³-hybridized carbons (Fsp3) is 0.368. The van der Waals surface area contributed by atoms with Crippen molar-refractivity contribution in [3.8, 4) is 0 Å². The molecule has 0 spiro atoms. The maximum absolute atomic E-state index is 12.4. The van der Waals surface area contributed by atoms with Gasteiger partial charge >= 0.3 is 11.9 Å². The Hall–Kier alpha value is -2.59. The second kappa shape index (κ2) is 10.8. The van der Waals surface area contributed by atoms with Crippen molar-refractivity contribution in [2.75, 3.05) is 24.7 Å². The topological polar surface area (TPSA) is 113 Å². The Labute approximate surface area is 177 Å². The van der Waals surface area contributed by atoms with E-state index in [4.69, 9.17) is 20.0 Å². The van der Waals surface area contributed by atoms with Gasteiger partial charge in [0.05, 0.1) is 0 Å². The number of nitrogen functional groups attached to an aromatic ring is 1. The van der Waals surface area contributed by atoms with E-state index in [-0.39, 0.29) is 23.1 Å². The number of aromatic nitrogens is 1. The number of nitrogens with two attached hydrogens (primary N) is 1. The van der Waals surface area contributed by atoms with Gasteiger partial charge in [0.15, 0.2) is 5.13 Å². The maximum atomic E-state index is 12.4. The molecule has 1 heterocycles. The highest BCUT2D eigenvalue weighted by Gasteiger charge is 2.21. The molecule has 0 saturated carbocycles. The molecular formula is C19H23N3O5S2. The number of oxime groups is 1. The lowest BCUT2D eigenvalue weighted by Gasteiger charge is -2.18. The van der Waals surface area contributed by atoms with Crippen LogP contribution in [0.25, 0.3) is 0 Å². The summed E-state index contributed by atoms with van der Waals surface area (Å²) in [6.45, 7) is 4.94. The van der Waals surface area contributed by atoms with Crippen molar-refractivity contribution in [3.05, 3.63) is 41.4 Å². The zero-order valence-corrected chi connectivity index (χ0v) is 18.0. The van der Waals surface area contributed by atoms with Gasteiger partial charge in [-0.25, -0.2) is 14.6 Å². The molecule has 10 heteroatoms. The van der Waals surface area contributed by atoms with E-state index in [0.717, 1.165) is 16.2 Å². The third-order valence-electron chi connectivity index (χ3n) is 3.04. The zero-order chi connectivity index (χ0) is 21.3. The number of anilines is 1. The Bertz CT molecular complexity index is 847. The number of thioether (sulfide) groups is 1. The number of hydrogen-bond acceptors (Lipinski definition) is 10. The number of ether oxygens (including phenoxy) is 2. The highest BCUT2D eigenvalue weighted by atomic mass is 32.2. The predicted molar refractivity (Wildman–Crippen MR) is 113 cm³/mol. The molecule has 0 aliphatic rings. The fourth-order valence-electron chi connectivity index (χ4n) is 1.98. The summed E-state index contributed by atoms with van der Waals surface area (Å²) in [5.41, 5.74) is 5.04. The van der Waals surface area contributed by atoms with Crippen LogP contribution in [0.3, 0.4) is 0 Å². The van der Waals surface area contributed by atoms with E-state index < -0.39 is 24.1 Å². The number of carbonyl (C=O) groups excluding carboxylic acids is 2. The monoisotopic (exact) mass is 437 g/mol. The summed E-state index contributed by atoms with van der Waals surface area (Å²) in [7, 11) is 0. The van der Waals surface area contributed by atoms with Crippen LogP contribution in [-0.4, -0.2) is 47.2 Å². The minimum Gasteiger partial charge on any atom is -0.460 e. The van der Waals surface area contributed by atoms with Gasteiger partial charge in [0.2, 0.25) is 12.3 Å². The van der Waals surface area contributed by atoms with E-state index in [1.165, 1.54) is 0 Å². The first-order valence-corrected chi connectivity index (χ1v) is 10.6. The zero-order valence-electron chi connectivity index (χ0n) is 16.4. The third kappa shape index (κ3) is 8.53. The number of benzene rings is 1. The van der Waals surface area contributed by atoms with Gasteiger partial charge in [-0.2, -0.15) is 0 Å². The maximum Gasteiger partial charge on any atom is 0.362 e. The van der Waals surface area contributed by atoms with E-state index in [1.807, 2.05) is 30.3 Å². The lowest BCUT2D eigenvalue weighted by Crippen LogP contribution is -2.26. The highest BCUT2D eigenvalue weighted by molar-refractivity contribution is 7.99. The van der Waals surface area contributed by atoms with Crippen LogP contribution in [0.15, 0.2) is 45.8 Å².